The molecule has 24 heavy (non-hydrogen) atoms. The highest BCUT2D eigenvalue weighted by Gasteiger charge is 2.53. The summed E-state index contributed by atoms with van der Waals surface area (Å²) in [5, 5.41) is 11.2. The Balaban J connectivity index is 1.83. The van der Waals surface area contributed by atoms with Crippen LogP contribution in [0.2, 0.25) is 0 Å². The highest BCUT2D eigenvalue weighted by molar-refractivity contribution is 5.41. The van der Waals surface area contributed by atoms with Crippen molar-refractivity contribution in [1.82, 2.24) is 0 Å². The third kappa shape index (κ3) is 3.24. The van der Waals surface area contributed by atoms with E-state index in [-0.39, 0.29) is 6.10 Å². The third-order valence-electron chi connectivity index (χ3n) is 4.77. The molecule has 0 radical (unpaired) electrons. The molecule has 0 aliphatic carbocycles. The number of rotatable bonds is 4. The van der Waals surface area contributed by atoms with Gasteiger partial charge in [-0.25, -0.2) is 0 Å². The Bertz CT molecular complexity index is 601. The van der Waals surface area contributed by atoms with Gasteiger partial charge >= 0.3 is 0 Å². The summed E-state index contributed by atoms with van der Waals surface area (Å²) in [6.45, 7) is 5.56. The van der Waals surface area contributed by atoms with E-state index in [1.54, 1.807) is 14.2 Å². The van der Waals surface area contributed by atoms with Gasteiger partial charge < -0.3 is 28.8 Å². The zero-order chi connectivity index (χ0) is 17.5. The molecule has 2 saturated heterocycles. The second-order valence-corrected chi connectivity index (χ2v) is 6.98. The summed E-state index contributed by atoms with van der Waals surface area (Å²) >= 11 is 0. The Kier molecular flexibility index (Phi) is 4.51. The topological polar surface area (TPSA) is 66.4 Å². The molecule has 0 saturated carbocycles. The van der Waals surface area contributed by atoms with Crippen LogP contribution in [0.3, 0.4) is 0 Å². The van der Waals surface area contributed by atoms with Gasteiger partial charge in [-0.1, -0.05) is 0 Å². The fraction of sp³-hybridized carbons (Fsp3) is 0.667. The normalized spacial score (nSPS) is 34.7. The van der Waals surface area contributed by atoms with Crippen LogP contribution in [0.25, 0.3) is 0 Å². The second kappa shape index (κ2) is 6.19. The van der Waals surface area contributed by atoms with E-state index in [0.29, 0.717) is 18.6 Å². The lowest BCUT2D eigenvalue weighted by Crippen LogP contribution is -2.55. The average molecular weight is 338 g/mol. The van der Waals surface area contributed by atoms with Crippen LogP contribution in [-0.2, 0) is 20.6 Å². The van der Waals surface area contributed by atoms with E-state index in [1.165, 1.54) is 0 Å². The molecule has 1 N–H and O–H groups in total. The van der Waals surface area contributed by atoms with E-state index in [2.05, 4.69) is 0 Å². The van der Waals surface area contributed by atoms with Gasteiger partial charge in [0.25, 0.3) is 0 Å². The van der Waals surface area contributed by atoms with Crippen molar-refractivity contribution in [2.24, 2.45) is 0 Å². The molecule has 134 valence electrons. The monoisotopic (exact) mass is 338 g/mol. The zero-order valence-corrected chi connectivity index (χ0v) is 14.9. The molecule has 4 atom stereocenters. The fourth-order valence-corrected chi connectivity index (χ4v) is 3.46. The first kappa shape index (κ1) is 17.5. The molecule has 0 aromatic heterocycles. The highest BCUT2D eigenvalue weighted by Crippen LogP contribution is 2.42. The van der Waals surface area contributed by atoms with Gasteiger partial charge in [-0.3, -0.25) is 0 Å². The Hall–Kier alpha value is -1.34. The fourth-order valence-electron chi connectivity index (χ4n) is 3.46. The molecule has 2 aliphatic heterocycles. The van der Waals surface area contributed by atoms with Crippen LogP contribution in [0.5, 0.6) is 11.5 Å². The summed E-state index contributed by atoms with van der Waals surface area (Å²) in [5.74, 6) is 0.731. The minimum Gasteiger partial charge on any atom is -0.497 e. The van der Waals surface area contributed by atoms with Crippen LogP contribution in [0, 0.1) is 0 Å². The lowest BCUT2D eigenvalue weighted by Gasteiger charge is -2.42. The van der Waals surface area contributed by atoms with Crippen molar-refractivity contribution in [3.8, 4) is 11.5 Å². The summed E-state index contributed by atoms with van der Waals surface area (Å²) in [6.07, 6.45) is -0.322. The van der Waals surface area contributed by atoms with Crippen LogP contribution in [0.4, 0.5) is 0 Å². The summed E-state index contributed by atoms with van der Waals surface area (Å²) in [4.78, 5) is 0. The van der Waals surface area contributed by atoms with E-state index in [0.717, 1.165) is 11.3 Å². The van der Waals surface area contributed by atoms with Crippen LogP contribution in [0.1, 0.15) is 32.8 Å². The van der Waals surface area contributed by atoms with E-state index in [9.17, 15) is 5.11 Å². The quantitative estimate of drug-likeness (QED) is 0.908. The van der Waals surface area contributed by atoms with E-state index in [4.69, 9.17) is 23.7 Å². The third-order valence-corrected chi connectivity index (χ3v) is 4.77. The molecular formula is C18H26O6. The van der Waals surface area contributed by atoms with Crippen molar-refractivity contribution in [2.45, 2.75) is 63.5 Å². The van der Waals surface area contributed by atoms with Gasteiger partial charge in [0.15, 0.2) is 12.1 Å². The number of aliphatic hydroxyl groups is 1. The number of benzene rings is 1. The number of ether oxygens (including phenoxy) is 5. The van der Waals surface area contributed by atoms with Gasteiger partial charge in [0.05, 0.1) is 25.9 Å². The summed E-state index contributed by atoms with van der Waals surface area (Å²) in [6, 6.07) is 5.55. The van der Waals surface area contributed by atoms with Gasteiger partial charge in [-0.2, -0.15) is 0 Å². The van der Waals surface area contributed by atoms with Crippen LogP contribution >= 0.6 is 0 Å². The Morgan fingerprint density at radius 2 is 1.96 bits per heavy atom. The minimum atomic E-state index is -1.08. The zero-order valence-electron chi connectivity index (χ0n) is 14.9. The second-order valence-electron chi connectivity index (χ2n) is 6.98. The SMILES string of the molecule is COc1ccc(OC)c(C[C@]2(O)C[C@H]3OC(C)(C)O[C@H]3O[C@H]2C)c1. The first-order chi connectivity index (χ1) is 11.3. The largest absolute Gasteiger partial charge is 0.497 e. The van der Waals surface area contributed by atoms with Crippen LogP contribution in [0.15, 0.2) is 18.2 Å². The smallest absolute Gasteiger partial charge is 0.187 e. The van der Waals surface area contributed by atoms with Crippen molar-refractivity contribution in [2.75, 3.05) is 14.2 Å². The number of hydrogen-bond donors (Lipinski definition) is 1. The van der Waals surface area contributed by atoms with Gasteiger partial charge in [-0.05, 0) is 39.0 Å². The van der Waals surface area contributed by atoms with Crippen molar-refractivity contribution in [3.63, 3.8) is 0 Å². The minimum absolute atomic E-state index is 0.294. The molecular weight excluding hydrogens is 312 g/mol. The predicted molar refractivity (Wildman–Crippen MR) is 87.2 cm³/mol. The van der Waals surface area contributed by atoms with Crippen molar-refractivity contribution >= 4 is 0 Å². The maximum Gasteiger partial charge on any atom is 0.187 e. The first-order valence-corrected chi connectivity index (χ1v) is 8.21. The molecule has 0 spiro atoms. The number of fused-ring (bicyclic) bond motifs is 1. The van der Waals surface area contributed by atoms with Gasteiger partial charge in [0, 0.05) is 18.4 Å². The Labute approximate surface area is 142 Å². The molecule has 2 fully saturated rings. The molecule has 3 rings (SSSR count). The van der Waals surface area contributed by atoms with Crippen molar-refractivity contribution in [3.05, 3.63) is 23.8 Å². The molecule has 1 aromatic rings. The van der Waals surface area contributed by atoms with Crippen LogP contribution in [-0.4, -0.2) is 49.2 Å². The number of methoxy groups -OCH3 is 2. The molecule has 6 heteroatoms. The summed E-state index contributed by atoms with van der Waals surface area (Å²) in [5.41, 5.74) is -0.212. The molecule has 1 aromatic carbocycles. The molecule has 0 bridgehead atoms. The molecule has 0 unspecified atom stereocenters. The van der Waals surface area contributed by atoms with Crippen molar-refractivity contribution < 1.29 is 28.8 Å². The van der Waals surface area contributed by atoms with Gasteiger partial charge in [0.1, 0.15) is 17.6 Å². The standard InChI is InChI=1S/C18H26O6/c1-11-18(19,10-15-16(22-11)24-17(2,3)23-15)9-12-8-13(20-4)6-7-14(12)21-5/h6-8,11,15-16,19H,9-10H2,1-5H3/t11-,15+,16+,18-/m0/s1. The lowest BCUT2D eigenvalue weighted by atomic mass is 9.82. The maximum atomic E-state index is 11.2. The number of hydrogen-bond acceptors (Lipinski definition) is 6. The lowest BCUT2D eigenvalue weighted by molar-refractivity contribution is -0.248. The van der Waals surface area contributed by atoms with Crippen LogP contribution < -0.4 is 9.47 Å². The highest BCUT2D eigenvalue weighted by atomic mass is 16.8. The first-order valence-electron chi connectivity index (χ1n) is 8.21. The predicted octanol–water partition coefficient (Wildman–Crippen LogP) is 2.26. The van der Waals surface area contributed by atoms with Crippen molar-refractivity contribution in [1.29, 1.82) is 0 Å². The van der Waals surface area contributed by atoms with Gasteiger partial charge in [-0.15, -0.1) is 0 Å². The Morgan fingerprint density at radius 1 is 1.21 bits per heavy atom. The summed E-state index contributed by atoms with van der Waals surface area (Å²) < 4.78 is 28.2. The molecule has 2 heterocycles. The van der Waals surface area contributed by atoms with Gasteiger partial charge in [0.2, 0.25) is 0 Å². The summed E-state index contributed by atoms with van der Waals surface area (Å²) in [7, 11) is 3.23. The molecule has 6 nitrogen and oxygen atoms in total. The van der Waals surface area contributed by atoms with E-state index in [1.807, 2.05) is 39.0 Å². The molecule has 2 aliphatic rings. The van der Waals surface area contributed by atoms with E-state index < -0.39 is 23.8 Å². The average Bonchev–Trinajstić information content (AvgIpc) is 2.80. The molecule has 0 amide bonds. The maximum absolute atomic E-state index is 11.2. The Morgan fingerprint density at radius 3 is 2.62 bits per heavy atom. The van der Waals surface area contributed by atoms with E-state index >= 15 is 0 Å².